The fourth-order valence-corrected chi connectivity index (χ4v) is 4.56. The van der Waals surface area contributed by atoms with Crippen molar-refractivity contribution in [1.82, 2.24) is 0 Å². The Morgan fingerprint density at radius 1 is 1.17 bits per heavy atom. The Hall–Kier alpha value is -2.61. The SMILES string of the molecule is COc1ccc(F)cc1S(=O)(=O)Nc1ccc2c(c1)CCC(=O)N2CCC(C)C. The van der Waals surface area contributed by atoms with E-state index in [1.165, 1.54) is 13.2 Å². The minimum absolute atomic E-state index is 0.0577. The molecule has 3 rings (SSSR count). The highest BCUT2D eigenvalue weighted by Crippen LogP contribution is 2.32. The molecular weight excluding hydrogens is 395 g/mol. The van der Waals surface area contributed by atoms with Crippen LogP contribution in [0.1, 0.15) is 32.3 Å². The van der Waals surface area contributed by atoms with Crippen molar-refractivity contribution in [2.24, 2.45) is 5.92 Å². The van der Waals surface area contributed by atoms with Crippen LogP contribution in [0.4, 0.5) is 15.8 Å². The quantitative estimate of drug-likeness (QED) is 0.736. The normalized spacial score (nSPS) is 14.1. The van der Waals surface area contributed by atoms with Crippen LogP contribution >= 0.6 is 0 Å². The topological polar surface area (TPSA) is 75.7 Å². The summed E-state index contributed by atoms with van der Waals surface area (Å²) in [5.41, 5.74) is 2.07. The Labute approximate surface area is 170 Å². The van der Waals surface area contributed by atoms with E-state index in [2.05, 4.69) is 18.6 Å². The smallest absolute Gasteiger partial charge is 0.265 e. The van der Waals surface area contributed by atoms with Gasteiger partial charge in [0.25, 0.3) is 10.0 Å². The highest BCUT2D eigenvalue weighted by Gasteiger charge is 2.26. The lowest BCUT2D eigenvalue weighted by Crippen LogP contribution is -2.36. The number of aryl methyl sites for hydroxylation is 1. The van der Waals surface area contributed by atoms with E-state index in [-0.39, 0.29) is 16.6 Å². The fraction of sp³-hybridized carbons (Fsp3) is 0.381. The second kappa shape index (κ2) is 8.41. The number of nitrogens with one attached hydrogen (secondary N) is 1. The van der Waals surface area contributed by atoms with Gasteiger partial charge in [-0.1, -0.05) is 13.8 Å². The van der Waals surface area contributed by atoms with Crippen molar-refractivity contribution in [3.05, 3.63) is 47.8 Å². The lowest BCUT2D eigenvalue weighted by molar-refractivity contribution is -0.118. The van der Waals surface area contributed by atoms with Crippen molar-refractivity contribution in [2.45, 2.75) is 38.0 Å². The summed E-state index contributed by atoms with van der Waals surface area (Å²) >= 11 is 0. The van der Waals surface area contributed by atoms with Gasteiger partial charge in [-0.3, -0.25) is 9.52 Å². The van der Waals surface area contributed by atoms with E-state index in [0.717, 1.165) is 29.8 Å². The number of halogens is 1. The van der Waals surface area contributed by atoms with E-state index in [4.69, 9.17) is 4.74 Å². The number of nitrogens with zero attached hydrogens (tertiary/aromatic N) is 1. The number of fused-ring (bicyclic) bond motifs is 1. The van der Waals surface area contributed by atoms with Gasteiger partial charge < -0.3 is 9.64 Å². The van der Waals surface area contributed by atoms with Gasteiger partial charge in [-0.2, -0.15) is 0 Å². The molecule has 0 unspecified atom stereocenters. The van der Waals surface area contributed by atoms with Gasteiger partial charge in [-0.15, -0.1) is 0 Å². The number of carbonyl (C=O) groups is 1. The van der Waals surface area contributed by atoms with E-state index in [0.29, 0.717) is 31.0 Å². The molecule has 6 nitrogen and oxygen atoms in total. The third-order valence-electron chi connectivity index (χ3n) is 4.88. The number of amides is 1. The summed E-state index contributed by atoms with van der Waals surface area (Å²) in [6.07, 6.45) is 1.82. The van der Waals surface area contributed by atoms with Gasteiger partial charge in [0, 0.05) is 24.3 Å². The lowest BCUT2D eigenvalue weighted by atomic mass is 9.99. The molecule has 2 aromatic carbocycles. The van der Waals surface area contributed by atoms with Gasteiger partial charge in [-0.25, -0.2) is 12.8 Å². The zero-order valence-electron chi connectivity index (χ0n) is 16.7. The Morgan fingerprint density at radius 2 is 1.93 bits per heavy atom. The molecule has 0 saturated heterocycles. The van der Waals surface area contributed by atoms with Crippen molar-refractivity contribution >= 4 is 27.3 Å². The Bertz CT molecular complexity index is 1020. The molecule has 1 aliphatic heterocycles. The summed E-state index contributed by atoms with van der Waals surface area (Å²) in [6.45, 7) is 4.84. The number of ether oxygens (including phenoxy) is 1. The molecule has 0 aliphatic carbocycles. The maximum absolute atomic E-state index is 13.6. The number of anilines is 2. The first-order chi connectivity index (χ1) is 13.7. The number of benzene rings is 2. The Balaban J connectivity index is 1.88. The summed E-state index contributed by atoms with van der Waals surface area (Å²) in [7, 11) is -2.72. The Morgan fingerprint density at radius 3 is 2.62 bits per heavy atom. The van der Waals surface area contributed by atoms with Crippen LogP contribution in [0.5, 0.6) is 5.75 Å². The standard InChI is InChI=1S/C21H25FN2O4S/c1-14(2)10-11-24-18-7-6-17(12-15(18)4-9-21(24)25)23-29(26,27)20-13-16(22)5-8-19(20)28-3/h5-8,12-14,23H,4,9-11H2,1-3H3. The predicted molar refractivity (Wildman–Crippen MR) is 110 cm³/mol. The van der Waals surface area contributed by atoms with E-state index >= 15 is 0 Å². The average molecular weight is 421 g/mol. The molecule has 0 bridgehead atoms. The molecule has 1 heterocycles. The molecule has 8 heteroatoms. The fourth-order valence-electron chi connectivity index (χ4n) is 3.33. The second-order valence-corrected chi connectivity index (χ2v) is 9.12. The summed E-state index contributed by atoms with van der Waals surface area (Å²) in [6, 6.07) is 8.43. The molecule has 0 fully saturated rings. The van der Waals surface area contributed by atoms with Crippen molar-refractivity contribution in [3.8, 4) is 5.75 Å². The van der Waals surface area contributed by atoms with E-state index in [1.807, 2.05) is 0 Å². The molecular formula is C21H25FN2O4S. The number of rotatable bonds is 7. The van der Waals surface area contributed by atoms with Crippen LogP contribution in [-0.4, -0.2) is 28.0 Å². The molecule has 2 aromatic rings. The molecule has 0 saturated carbocycles. The zero-order valence-corrected chi connectivity index (χ0v) is 17.6. The molecule has 0 radical (unpaired) electrons. The summed E-state index contributed by atoms with van der Waals surface area (Å²) in [5.74, 6) is -0.0604. The first kappa shape index (κ1) is 21.1. The van der Waals surface area contributed by atoms with Crippen LogP contribution in [0.2, 0.25) is 0 Å². The van der Waals surface area contributed by atoms with Crippen LogP contribution in [0.3, 0.4) is 0 Å². The van der Waals surface area contributed by atoms with Gasteiger partial charge in [0.05, 0.1) is 7.11 Å². The van der Waals surface area contributed by atoms with Crippen LogP contribution in [0.15, 0.2) is 41.3 Å². The first-order valence-electron chi connectivity index (χ1n) is 9.51. The highest BCUT2D eigenvalue weighted by molar-refractivity contribution is 7.92. The number of sulfonamides is 1. The van der Waals surface area contributed by atoms with Crippen molar-refractivity contribution in [2.75, 3.05) is 23.3 Å². The molecule has 29 heavy (non-hydrogen) atoms. The number of hydrogen-bond donors (Lipinski definition) is 1. The Kier molecular flexibility index (Phi) is 6.12. The summed E-state index contributed by atoms with van der Waals surface area (Å²) < 4.78 is 46.7. The molecule has 1 aliphatic rings. The minimum atomic E-state index is -4.05. The third-order valence-corrected chi connectivity index (χ3v) is 6.28. The van der Waals surface area contributed by atoms with Crippen molar-refractivity contribution < 1.29 is 22.3 Å². The largest absolute Gasteiger partial charge is 0.495 e. The van der Waals surface area contributed by atoms with Gasteiger partial charge in [0.2, 0.25) is 5.91 Å². The van der Waals surface area contributed by atoms with Crippen LogP contribution in [0, 0.1) is 11.7 Å². The van der Waals surface area contributed by atoms with E-state index in [1.54, 1.807) is 23.1 Å². The molecule has 0 atom stereocenters. The summed E-state index contributed by atoms with van der Waals surface area (Å²) in [5, 5.41) is 0. The number of carbonyl (C=O) groups excluding carboxylic acids is 1. The minimum Gasteiger partial charge on any atom is -0.495 e. The molecule has 1 N–H and O–H groups in total. The van der Waals surface area contributed by atoms with Crippen LogP contribution < -0.4 is 14.4 Å². The zero-order chi connectivity index (χ0) is 21.2. The van der Waals surface area contributed by atoms with Crippen molar-refractivity contribution in [1.29, 1.82) is 0 Å². The monoisotopic (exact) mass is 420 g/mol. The molecule has 156 valence electrons. The lowest BCUT2D eigenvalue weighted by Gasteiger charge is -2.30. The summed E-state index contributed by atoms with van der Waals surface area (Å²) in [4.78, 5) is 13.8. The molecule has 0 spiro atoms. The van der Waals surface area contributed by atoms with Gasteiger partial charge in [-0.05, 0) is 60.7 Å². The van der Waals surface area contributed by atoms with Crippen LogP contribution in [-0.2, 0) is 21.2 Å². The number of methoxy groups -OCH3 is 1. The van der Waals surface area contributed by atoms with Gasteiger partial charge >= 0.3 is 0 Å². The third kappa shape index (κ3) is 4.70. The first-order valence-corrected chi connectivity index (χ1v) is 11.0. The number of hydrogen-bond acceptors (Lipinski definition) is 4. The highest BCUT2D eigenvalue weighted by atomic mass is 32.2. The van der Waals surface area contributed by atoms with E-state index in [9.17, 15) is 17.6 Å². The maximum Gasteiger partial charge on any atom is 0.265 e. The van der Waals surface area contributed by atoms with Gasteiger partial charge in [0.15, 0.2) is 0 Å². The van der Waals surface area contributed by atoms with E-state index < -0.39 is 15.8 Å². The molecule has 0 aromatic heterocycles. The van der Waals surface area contributed by atoms with Crippen LogP contribution in [0.25, 0.3) is 0 Å². The van der Waals surface area contributed by atoms with Gasteiger partial charge in [0.1, 0.15) is 16.5 Å². The second-order valence-electron chi connectivity index (χ2n) is 7.47. The average Bonchev–Trinajstić information content (AvgIpc) is 2.66. The maximum atomic E-state index is 13.6. The molecule has 1 amide bonds. The predicted octanol–water partition coefficient (Wildman–Crippen LogP) is 3.96. The van der Waals surface area contributed by atoms with Crippen molar-refractivity contribution in [3.63, 3.8) is 0 Å².